The van der Waals surface area contributed by atoms with Gasteiger partial charge in [0.2, 0.25) is 5.76 Å². The molecular formula is C27H22FNO3. The summed E-state index contributed by atoms with van der Waals surface area (Å²) in [6.45, 7) is 6.38. The first kappa shape index (κ1) is 20.2. The molecule has 0 aliphatic carbocycles. The third kappa shape index (κ3) is 3.12. The molecule has 0 spiro atoms. The molecule has 0 saturated carbocycles. The van der Waals surface area contributed by atoms with E-state index in [1.54, 1.807) is 36.4 Å². The molecular weight excluding hydrogens is 405 g/mol. The number of fused-ring (bicyclic) bond motifs is 2. The Morgan fingerprint density at radius 2 is 1.53 bits per heavy atom. The van der Waals surface area contributed by atoms with Crippen LogP contribution in [0.5, 0.6) is 0 Å². The maximum atomic E-state index is 13.6. The van der Waals surface area contributed by atoms with Gasteiger partial charge in [-0.25, -0.2) is 4.39 Å². The summed E-state index contributed by atoms with van der Waals surface area (Å²) in [5.74, 6) is -0.786. The van der Waals surface area contributed by atoms with Crippen molar-refractivity contribution in [3.63, 3.8) is 0 Å². The third-order valence-corrected chi connectivity index (χ3v) is 5.97. The molecule has 1 aliphatic heterocycles. The fourth-order valence-corrected chi connectivity index (χ4v) is 4.27. The summed E-state index contributed by atoms with van der Waals surface area (Å²) in [6.07, 6.45) is 0. The zero-order valence-corrected chi connectivity index (χ0v) is 18.1. The lowest BCUT2D eigenvalue weighted by atomic mass is 9.86. The van der Waals surface area contributed by atoms with E-state index in [2.05, 4.69) is 20.8 Å². The molecule has 3 aromatic carbocycles. The van der Waals surface area contributed by atoms with E-state index in [4.69, 9.17) is 4.42 Å². The van der Waals surface area contributed by atoms with E-state index in [1.165, 1.54) is 17.0 Å². The standard InChI is InChI=1S/C27H22FNO3/c1-27(2,3)17-10-8-16(9-11-17)23-22-24(30)20-6-4-5-7-21(20)32-25(22)26(31)29(23)19-14-12-18(28)13-15-19/h4-15,23H,1-3H3. The van der Waals surface area contributed by atoms with Crippen molar-refractivity contribution in [2.24, 2.45) is 0 Å². The second kappa shape index (κ2) is 7.16. The predicted molar refractivity (Wildman–Crippen MR) is 123 cm³/mol. The Kier molecular flexibility index (Phi) is 4.52. The molecule has 4 nitrogen and oxygen atoms in total. The van der Waals surface area contributed by atoms with Gasteiger partial charge in [0, 0.05) is 5.69 Å². The second-order valence-corrected chi connectivity index (χ2v) is 9.10. The van der Waals surface area contributed by atoms with Crippen LogP contribution in [0.4, 0.5) is 10.1 Å². The van der Waals surface area contributed by atoms with E-state index < -0.39 is 17.8 Å². The van der Waals surface area contributed by atoms with Crippen molar-refractivity contribution in [2.75, 3.05) is 4.90 Å². The summed E-state index contributed by atoms with van der Waals surface area (Å²) in [5.41, 5.74) is 2.84. The van der Waals surface area contributed by atoms with Crippen molar-refractivity contribution in [3.8, 4) is 0 Å². The predicted octanol–water partition coefficient (Wildman–Crippen LogP) is 5.98. The normalized spacial score (nSPS) is 15.9. The lowest BCUT2D eigenvalue weighted by Gasteiger charge is -2.26. The highest BCUT2D eigenvalue weighted by molar-refractivity contribution is 6.10. The average Bonchev–Trinajstić information content (AvgIpc) is 3.07. The molecule has 1 aliphatic rings. The SMILES string of the molecule is CC(C)(C)c1ccc(C2c3c(oc4ccccc4c3=O)C(=O)N2c2ccc(F)cc2)cc1. The van der Waals surface area contributed by atoms with Crippen molar-refractivity contribution in [1.82, 2.24) is 0 Å². The summed E-state index contributed by atoms with van der Waals surface area (Å²) >= 11 is 0. The molecule has 0 bridgehead atoms. The maximum Gasteiger partial charge on any atom is 0.295 e. The van der Waals surface area contributed by atoms with Gasteiger partial charge in [-0.15, -0.1) is 0 Å². The summed E-state index contributed by atoms with van der Waals surface area (Å²) in [7, 11) is 0. The van der Waals surface area contributed by atoms with E-state index in [-0.39, 0.29) is 16.6 Å². The molecule has 1 atom stereocenters. The number of rotatable bonds is 2. The maximum absolute atomic E-state index is 13.6. The van der Waals surface area contributed by atoms with Crippen molar-refractivity contribution in [1.29, 1.82) is 0 Å². The number of carbonyl (C=O) groups excluding carboxylic acids is 1. The molecule has 0 fully saturated rings. The zero-order valence-electron chi connectivity index (χ0n) is 18.1. The molecule has 0 radical (unpaired) electrons. The zero-order chi connectivity index (χ0) is 22.6. The van der Waals surface area contributed by atoms with Gasteiger partial charge in [0.25, 0.3) is 5.91 Å². The minimum Gasteiger partial charge on any atom is -0.450 e. The van der Waals surface area contributed by atoms with Gasteiger partial charge in [-0.2, -0.15) is 0 Å². The number of carbonyl (C=O) groups is 1. The lowest BCUT2D eigenvalue weighted by molar-refractivity contribution is 0.0971. The number of hydrogen-bond donors (Lipinski definition) is 0. The first-order chi connectivity index (χ1) is 15.3. The fraction of sp³-hybridized carbons (Fsp3) is 0.185. The van der Waals surface area contributed by atoms with Crippen LogP contribution < -0.4 is 10.3 Å². The Hall–Kier alpha value is -3.73. The summed E-state index contributed by atoms with van der Waals surface area (Å²) < 4.78 is 19.5. The van der Waals surface area contributed by atoms with Gasteiger partial charge in [-0.3, -0.25) is 14.5 Å². The van der Waals surface area contributed by atoms with Gasteiger partial charge in [-0.05, 0) is 52.9 Å². The Labute approximate surface area is 184 Å². The molecule has 4 aromatic rings. The molecule has 1 amide bonds. The molecule has 5 heteroatoms. The van der Waals surface area contributed by atoms with Gasteiger partial charge < -0.3 is 4.42 Å². The van der Waals surface area contributed by atoms with Crippen LogP contribution in [0.3, 0.4) is 0 Å². The number of nitrogens with zero attached hydrogens (tertiary/aromatic N) is 1. The quantitative estimate of drug-likeness (QED) is 0.395. The van der Waals surface area contributed by atoms with Crippen molar-refractivity contribution in [2.45, 2.75) is 32.2 Å². The van der Waals surface area contributed by atoms with Gasteiger partial charge in [-0.1, -0.05) is 57.2 Å². The van der Waals surface area contributed by atoms with Crippen LogP contribution in [-0.2, 0) is 5.41 Å². The lowest BCUT2D eigenvalue weighted by Crippen LogP contribution is -2.29. The molecule has 1 aromatic heterocycles. The number of anilines is 1. The first-order valence-corrected chi connectivity index (χ1v) is 10.5. The van der Waals surface area contributed by atoms with Crippen molar-refractivity contribution >= 4 is 22.6 Å². The van der Waals surface area contributed by atoms with E-state index in [9.17, 15) is 14.0 Å². The van der Waals surface area contributed by atoms with Crippen LogP contribution in [0.25, 0.3) is 11.0 Å². The summed E-state index contributed by atoms with van der Waals surface area (Å²) in [6, 6.07) is 19.9. The largest absolute Gasteiger partial charge is 0.450 e. The van der Waals surface area contributed by atoms with E-state index in [0.29, 0.717) is 22.2 Å². The first-order valence-electron chi connectivity index (χ1n) is 10.5. The topological polar surface area (TPSA) is 50.5 Å². The van der Waals surface area contributed by atoms with Crippen LogP contribution in [0.2, 0.25) is 0 Å². The minimum atomic E-state index is -0.669. The Balaban J connectivity index is 1.76. The second-order valence-electron chi connectivity index (χ2n) is 9.10. The highest BCUT2D eigenvalue weighted by Crippen LogP contribution is 2.41. The molecule has 2 heterocycles. The van der Waals surface area contributed by atoms with Crippen molar-refractivity contribution < 1.29 is 13.6 Å². The molecule has 160 valence electrons. The number of hydrogen-bond acceptors (Lipinski definition) is 3. The third-order valence-electron chi connectivity index (χ3n) is 5.97. The molecule has 1 unspecified atom stereocenters. The highest BCUT2D eigenvalue weighted by atomic mass is 19.1. The number of halogens is 1. The molecule has 5 rings (SSSR count). The number of para-hydroxylation sites is 1. The fourth-order valence-electron chi connectivity index (χ4n) is 4.27. The Morgan fingerprint density at radius 3 is 2.19 bits per heavy atom. The molecule has 0 N–H and O–H groups in total. The summed E-state index contributed by atoms with van der Waals surface area (Å²) in [5, 5.41) is 0.427. The van der Waals surface area contributed by atoms with Crippen LogP contribution in [0.15, 0.2) is 82.0 Å². The van der Waals surface area contributed by atoms with Crippen LogP contribution >= 0.6 is 0 Å². The van der Waals surface area contributed by atoms with Crippen molar-refractivity contribution in [3.05, 3.63) is 111 Å². The van der Waals surface area contributed by atoms with Gasteiger partial charge in [0.05, 0.1) is 17.0 Å². The smallest absolute Gasteiger partial charge is 0.295 e. The van der Waals surface area contributed by atoms with Crippen LogP contribution in [-0.4, -0.2) is 5.91 Å². The monoisotopic (exact) mass is 427 g/mol. The van der Waals surface area contributed by atoms with E-state index >= 15 is 0 Å². The van der Waals surface area contributed by atoms with Crippen LogP contribution in [0.1, 0.15) is 54.1 Å². The van der Waals surface area contributed by atoms with Gasteiger partial charge in [0.15, 0.2) is 5.43 Å². The average molecular weight is 427 g/mol. The van der Waals surface area contributed by atoms with Crippen LogP contribution in [0, 0.1) is 5.82 Å². The Bertz CT molecular complexity index is 1400. The van der Waals surface area contributed by atoms with E-state index in [0.717, 1.165) is 11.1 Å². The highest BCUT2D eigenvalue weighted by Gasteiger charge is 2.43. The van der Waals surface area contributed by atoms with E-state index in [1.807, 2.05) is 24.3 Å². The number of amides is 1. The minimum absolute atomic E-state index is 0.0305. The van der Waals surface area contributed by atoms with Gasteiger partial charge >= 0.3 is 0 Å². The summed E-state index contributed by atoms with van der Waals surface area (Å²) in [4.78, 5) is 28.5. The molecule has 32 heavy (non-hydrogen) atoms. The van der Waals surface area contributed by atoms with Gasteiger partial charge in [0.1, 0.15) is 11.4 Å². The molecule has 0 saturated heterocycles. The Morgan fingerprint density at radius 1 is 0.875 bits per heavy atom. The number of benzene rings is 3.